The first-order valence-corrected chi connectivity index (χ1v) is 28.2. The van der Waals surface area contributed by atoms with Gasteiger partial charge < -0.3 is 27.5 Å². The summed E-state index contributed by atoms with van der Waals surface area (Å²) >= 11 is 0. The second kappa shape index (κ2) is 18.6. The monoisotopic (exact) mass is 676 g/mol. The van der Waals surface area contributed by atoms with Crippen molar-refractivity contribution < 1.29 is 27.5 Å². The minimum Gasteiger partial charge on any atom is -0.414 e. The third-order valence-electron chi connectivity index (χ3n) is 11.7. The van der Waals surface area contributed by atoms with Gasteiger partial charge in [-0.05, 0) is 72.5 Å². The van der Waals surface area contributed by atoms with Crippen LogP contribution in [0.4, 0.5) is 0 Å². The molecule has 0 amide bonds. The lowest BCUT2D eigenvalue weighted by molar-refractivity contribution is -0.338. The molecule has 5 atom stereocenters. The van der Waals surface area contributed by atoms with Crippen molar-refractivity contribution in [3.05, 3.63) is 12.7 Å². The summed E-state index contributed by atoms with van der Waals surface area (Å²) in [5.41, 5.74) is 0. The SMILES string of the molecule is C=CC[C@]1(O)O[C@H](CO[Si](CC)(CC)CC)[C@@H](O[Si](CC)(CC)CC)[C@H](O[Si](CC)(CC)CC)[C@H]1O[Si](CC)(CC)CC. The minimum atomic E-state index is -2.18. The summed E-state index contributed by atoms with van der Waals surface area (Å²) < 4.78 is 36.1. The molecule has 256 valence electrons. The molecule has 0 saturated carbocycles. The van der Waals surface area contributed by atoms with E-state index in [2.05, 4.69) is 89.7 Å². The Balaban J connectivity index is 4.00. The minimum absolute atomic E-state index is 0.275. The highest BCUT2D eigenvalue weighted by atomic mass is 28.4. The maximum absolute atomic E-state index is 12.6. The molecule has 1 aliphatic heterocycles. The van der Waals surface area contributed by atoms with Gasteiger partial charge in [-0.1, -0.05) is 89.2 Å². The Kier molecular flexibility index (Phi) is 17.9. The van der Waals surface area contributed by atoms with Crippen molar-refractivity contribution in [2.75, 3.05) is 6.61 Å². The van der Waals surface area contributed by atoms with Gasteiger partial charge in [0.05, 0.1) is 6.61 Å². The van der Waals surface area contributed by atoms with Gasteiger partial charge in [0.15, 0.2) is 39.1 Å². The summed E-state index contributed by atoms with van der Waals surface area (Å²) in [4.78, 5) is 0. The zero-order valence-electron chi connectivity index (χ0n) is 30.5. The van der Waals surface area contributed by atoms with E-state index in [4.69, 9.17) is 22.4 Å². The van der Waals surface area contributed by atoms with E-state index in [1.54, 1.807) is 6.08 Å². The zero-order valence-corrected chi connectivity index (χ0v) is 34.5. The molecule has 0 aliphatic carbocycles. The van der Waals surface area contributed by atoms with Crippen molar-refractivity contribution in [3.8, 4) is 0 Å². The van der Waals surface area contributed by atoms with Crippen LogP contribution in [0.25, 0.3) is 0 Å². The molecule has 0 aromatic rings. The average molecular weight is 677 g/mol. The molecule has 1 heterocycles. The van der Waals surface area contributed by atoms with Gasteiger partial charge in [-0.2, -0.15) is 0 Å². The predicted molar refractivity (Wildman–Crippen MR) is 194 cm³/mol. The number of hydrogen-bond donors (Lipinski definition) is 1. The van der Waals surface area contributed by atoms with Gasteiger partial charge in [-0.25, -0.2) is 0 Å². The van der Waals surface area contributed by atoms with E-state index in [9.17, 15) is 5.11 Å². The Labute approximate surface area is 271 Å². The second-order valence-electron chi connectivity index (χ2n) is 13.0. The van der Waals surface area contributed by atoms with Crippen molar-refractivity contribution >= 4 is 33.3 Å². The molecular formula is C33H72O6Si4. The number of ether oxygens (including phenoxy) is 1. The molecule has 6 nitrogen and oxygen atoms in total. The molecule has 1 rings (SSSR count). The Bertz CT molecular complexity index is 752. The normalized spacial score (nSPS) is 25.7. The summed E-state index contributed by atoms with van der Waals surface area (Å²) in [6.07, 6.45) is 0.187. The molecule has 0 aromatic carbocycles. The molecular weight excluding hydrogens is 605 g/mol. The summed E-state index contributed by atoms with van der Waals surface area (Å²) in [5, 5.41) is 12.6. The first-order chi connectivity index (χ1) is 20.4. The van der Waals surface area contributed by atoms with Gasteiger partial charge in [-0.3, -0.25) is 0 Å². The molecule has 0 bridgehead atoms. The molecule has 0 unspecified atom stereocenters. The van der Waals surface area contributed by atoms with Crippen molar-refractivity contribution in [2.24, 2.45) is 0 Å². The Morgan fingerprint density at radius 2 is 0.930 bits per heavy atom. The standard InChI is InChI=1S/C33H72O6Si4/c1-14-27-33(34)32(39-43(24-11,25-12)26-13)31(38-42(21-8,22-9)23-10)30(37-41(18-5,19-6)20-7)29(36-33)28-35-40(15-2,16-3)17-4/h14,29-32,34H,1,15-28H2,2-13H3/t29-,30-,31+,32-,33+/m1/s1. The molecule has 1 saturated heterocycles. The van der Waals surface area contributed by atoms with Gasteiger partial charge in [-0.15, -0.1) is 6.58 Å². The number of rotatable bonds is 23. The van der Waals surface area contributed by atoms with Crippen molar-refractivity contribution in [2.45, 2.75) is 192 Å². The highest BCUT2D eigenvalue weighted by molar-refractivity contribution is 6.75. The molecule has 43 heavy (non-hydrogen) atoms. The van der Waals surface area contributed by atoms with Crippen LogP contribution in [0.2, 0.25) is 72.5 Å². The first-order valence-electron chi connectivity index (χ1n) is 18.1. The molecule has 0 radical (unpaired) electrons. The molecule has 10 heteroatoms. The molecule has 1 fully saturated rings. The second-order valence-corrected chi connectivity index (χ2v) is 31.9. The highest BCUT2D eigenvalue weighted by Gasteiger charge is 2.59. The summed E-state index contributed by atoms with van der Waals surface area (Å²) in [6, 6.07) is 12.3. The fourth-order valence-corrected chi connectivity index (χ4v) is 18.3. The quantitative estimate of drug-likeness (QED) is 0.0859. The van der Waals surface area contributed by atoms with Crippen LogP contribution in [-0.4, -0.2) is 75.2 Å². The van der Waals surface area contributed by atoms with Crippen LogP contribution in [0.5, 0.6) is 0 Å². The Morgan fingerprint density at radius 1 is 0.581 bits per heavy atom. The third-order valence-corrected chi connectivity index (χ3v) is 30.2. The maximum Gasteiger partial charge on any atom is 0.197 e. The average Bonchev–Trinajstić information content (AvgIpc) is 3.04. The van der Waals surface area contributed by atoms with Crippen LogP contribution in [0.3, 0.4) is 0 Å². The summed E-state index contributed by atoms with van der Waals surface area (Å²) in [7, 11) is -8.36. The van der Waals surface area contributed by atoms with E-state index in [1.807, 2.05) is 0 Å². The van der Waals surface area contributed by atoms with Crippen LogP contribution in [0, 0.1) is 0 Å². The summed E-state index contributed by atoms with van der Waals surface area (Å²) in [6.45, 7) is 31.6. The Hall–Kier alpha value is 0.368. The van der Waals surface area contributed by atoms with Gasteiger partial charge in [0.1, 0.15) is 24.4 Å². The molecule has 0 spiro atoms. The molecule has 1 N–H and O–H groups in total. The van der Waals surface area contributed by atoms with E-state index < -0.39 is 57.4 Å². The Morgan fingerprint density at radius 3 is 1.28 bits per heavy atom. The fourth-order valence-electron chi connectivity index (χ4n) is 7.13. The van der Waals surface area contributed by atoms with E-state index in [-0.39, 0.29) is 12.5 Å². The molecule has 0 aromatic heterocycles. The number of aliphatic hydroxyl groups is 1. The van der Waals surface area contributed by atoms with Crippen molar-refractivity contribution in [1.82, 2.24) is 0 Å². The lowest BCUT2D eigenvalue weighted by atomic mass is 9.91. The van der Waals surface area contributed by atoms with Gasteiger partial charge >= 0.3 is 0 Å². The van der Waals surface area contributed by atoms with E-state index in [0.29, 0.717) is 6.61 Å². The van der Waals surface area contributed by atoms with Gasteiger partial charge in [0, 0.05) is 6.42 Å². The van der Waals surface area contributed by atoms with Gasteiger partial charge in [0.25, 0.3) is 0 Å². The fraction of sp³-hybridized carbons (Fsp3) is 0.939. The lowest BCUT2D eigenvalue weighted by Crippen LogP contribution is -2.71. The summed E-state index contributed by atoms with van der Waals surface area (Å²) in [5.74, 6) is -1.56. The van der Waals surface area contributed by atoms with Gasteiger partial charge in [0.2, 0.25) is 0 Å². The predicted octanol–water partition coefficient (Wildman–Crippen LogP) is 9.84. The van der Waals surface area contributed by atoms with Crippen molar-refractivity contribution in [1.29, 1.82) is 0 Å². The first kappa shape index (κ1) is 41.4. The van der Waals surface area contributed by atoms with Crippen molar-refractivity contribution in [3.63, 3.8) is 0 Å². The van der Waals surface area contributed by atoms with Crippen LogP contribution in [0.15, 0.2) is 12.7 Å². The third kappa shape index (κ3) is 9.70. The highest BCUT2D eigenvalue weighted by Crippen LogP contribution is 2.43. The van der Waals surface area contributed by atoms with E-state index in [0.717, 1.165) is 72.5 Å². The van der Waals surface area contributed by atoms with Crippen LogP contribution in [-0.2, 0) is 22.4 Å². The van der Waals surface area contributed by atoms with Crippen LogP contribution in [0.1, 0.15) is 89.5 Å². The topological polar surface area (TPSA) is 66.4 Å². The zero-order chi connectivity index (χ0) is 33.0. The van der Waals surface area contributed by atoms with Crippen LogP contribution >= 0.6 is 0 Å². The molecule has 1 aliphatic rings. The van der Waals surface area contributed by atoms with E-state index >= 15 is 0 Å². The van der Waals surface area contributed by atoms with Crippen LogP contribution < -0.4 is 0 Å². The smallest absolute Gasteiger partial charge is 0.197 e. The maximum atomic E-state index is 12.6. The number of hydrogen-bond acceptors (Lipinski definition) is 6. The van der Waals surface area contributed by atoms with E-state index in [1.165, 1.54) is 0 Å². The lowest BCUT2D eigenvalue weighted by Gasteiger charge is -2.56. The largest absolute Gasteiger partial charge is 0.414 e.